The minimum Gasteiger partial charge on any atom is -0.349 e. The van der Waals surface area contributed by atoms with Gasteiger partial charge in [0.2, 0.25) is 0 Å². The fraction of sp³-hybridized carbons (Fsp3) is 0.250. The fourth-order valence-electron chi connectivity index (χ4n) is 3.31. The van der Waals surface area contributed by atoms with Gasteiger partial charge in [-0.2, -0.15) is 0 Å². The van der Waals surface area contributed by atoms with Gasteiger partial charge in [-0.15, -0.1) is 0 Å². The lowest BCUT2D eigenvalue weighted by atomic mass is 10.1. The number of carbonyl (C=O) groups excluding carboxylic acids is 2. The van der Waals surface area contributed by atoms with Crippen LogP contribution in [0.4, 0.5) is 5.69 Å². The zero-order valence-electron chi connectivity index (χ0n) is 15.3. The Hall–Kier alpha value is -2.73. The second-order valence-electron chi connectivity index (χ2n) is 6.32. The van der Waals surface area contributed by atoms with Gasteiger partial charge >= 0.3 is 0 Å². The SMILES string of the molecule is CCn1c(C)cc(/C=C2/C(=O)NC(=S)N(c3ccccc3C)C2=O)c1C. The molecule has 26 heavy (non-hydrogen) atoms. The van der Waals surface area contributed by atoms with Gasteiger partial charge in [0.15, 0.2) is 5.11 Å². The first-order chi connectivity index (χ1) is 12.3. The zero-order valence-corrected chi connectivity index (χ0v) is 16.1. The van der Waals surface area contributed by atoms with Crippen LogP contribution in [0.15, 0.2) is 35.9 Å². The third-order valence-corrected chi connectivity index (χ3v) is 4.97. The third kappa shape index (κ3) is 2.97. The average Bonchev–Trinajstić information content (AvgIpc) is 2.86. The number of amides is 2. The highest BCUT2D eigenvalue weighted by molar-refractivity contribution is 7.80. The van der Waals surface area contributed by atoms with Crippen molar-refractivity contribution in [2.24, 2.45) is 0 Å². The quantitative estimate of drug-likeness (QED) is 0.515. The summed E-state index contributed by atoms with van der Waals surface area (Å²) in [6.45, 7) is 8.79. The zero-order chi connectivity index (χ0) is 19.0. The second kappa shape index (κ2) is 6.88. The first kappa shape index (κ1) is 18.1. The molecule has 0 aliphatic carbocycles. The molecular formula is C20H21N3O2S. The molecule has 2 aromatic rings. The van der Waals surface area contributed by atoms with E-state index in [2.05, 4.69) is 16.8 Å². The summed E-state index contributed by atoms with van der Waals surface area (Å²) in [5.41, 5.74) is 4.63. The first-order valence-corrected chi connectivity index (χ1v) is 8.89. The van der Waals surface area contributed by atoms with Crippen LogP contribution in [0.5, 0.6) is 0 Å². The highest BCUT2D eigenvalue weighted by atomic mass is 32.1. The summed E-state index contributed by atoms with van der Waals surface area (Å²) in [5, 5.41) is 2.74. The Labute approximate surface area is 158 Å². The summed E-state index contributed by atoms with van der Waals surface area (Å²) in [4.78, 5) is 26.9. The van der Waals surface area contributed by atoms with E-state index in [1.54, 1.807) is 6.08 Å². The number of hydrogen-bond acceptors (Lipinski definition) is 3. The number of anilines is 1. The molecule has 1 N–H and O–H groups in total. The average molecular weight is 367 g/mol. The van der Waals surface area contributed by atoms with E-state index in [9.17, 15) is 9.59 Å². The van der Waals surface area contributed by atoms with Crippen molar-refractivity contribution in [2.75, 3.05) is 4.90 Å². The lowest BCUT2D eigenvalue weighted by molar-refractivity contribution is -0.122. The van der Waals surface area contributed by atoms with Crippen LogP contribution in [-0.2, 0) is 16.1 Å². The lowest BCUT2D eigenvalue weighted by Crippen LogP contribution is -2.54. The molecule has 2 heterocycles. The number of hydrogen-bond donors (Lipinski definition) is 1. The normalized spacial score (nSPS) is 16.4. The van der Waals surface area contributed by atoms with E-state index < -0.39 is 11.8 Å². The number of aryl methyl sites for hydroxylation is 2. The first-order valence-electron chi connectivity index (χ1n) is 8.49. The van der Waals surface area contributed by atoms with Crippen LogP contribution >= 0.6 is 12.2 Å². The van der Waals surface area contributed by atoms with Crippen molar-refractivity contribution in [1.82, 2.24) is 9.88 Å². The Morgan fingerprint density at radius 3 is 2.46 bits per heavy atom. The molecule has 0 unspecified atom stereocenters. The second-order valence-corrected chi connectivity index (χ2v) is 6.70. The number of para-hydroxylation sites is 1. The van der Waals surface area contributed by atoms with Crippen LogP contribution in [0.2, 0.25) is 0 Å². The Bertz CT molecular complexity index is 956. The maximum atomic E-state index is 13.1. The van der Waals surface area contributed by atoms with E-state index in [0.29, 0.717) is 5.69 Å². The van der Waals surface area contributed by atoms with Crippen LogP contribution in [0, 0.1) is 20.8 Å². The van der Waals surface area contributed by atoms with E-state index in [1.807, 2.05) is 51.1 Å². The molecule has 1 fully saturated rings. The van der Waals surface area contributed by atoms with Gasteiger partial charge in [0.05, 0.1) is 5.69 Å². The van der Waals surface area contributed by atoms with Gasteiger partial charge in [-0.1, -0.05) is 18.2 Å². The van der Waals surface area contributed by atoms with E-state index >= 15 is 0 Å². The molecule has 1 aromatic heterocycles. The number of benzene rings is 1. The molecule has 1 aliphatic heterocycles. The van der Waals surface area contributed by atoms with E-state index in [-0.39, 0.29) is 10.7 Å². The number of thiocarbonyl (C=S) groups is 1. The van der Waals surface area contributed by atoms with Crippen molar-refractivity contribution in [3.05, 3.63) is 58.4 Å². The monoisotopic (exact) mass is 367 g/mol. The topological polar surface area (TPSA) is 54.3 Å². The van der Waals surface area contributed by atoms with Gasteiger partial charge < -0.3 is 4.57 Å². The number of nitrogens with one attached hydrogen (secondary N) is 1. The highest BCUT2D eigenvalue weighted by Crippen LogP contribution is 2.26. The highest BCUT2D eigenvalue weighted by Gasteiger charge is 2.35. The maximum absolute atomic E-state index is 13.1. The van der Waals surface area contributed by atoms with E-state index in [4.69, 9.17) is 12.2 Å². The lowest BCUT2D eigenvalue weighted by Gasteiger charge is -2.30. The van der Waals surface area contributed by atoms with Crippen LogP contribution < -0.4 is 10.2 Å². The molecule has 0 atom stereocenters. The smallest absolute Gasteiger partial charge is 0.270 e. The Kier molecular flexibility index (Phi) is 4.78. The van der Waals surface area contributed by atoms with Crippen LogP contribution in [0.25, 0.3) is 6.08 Å². The third-order valence-electron chi connectivity index (χ3n) is 4.69. The predicted molar refractivity (Wildman–Crippen MR) is 107 cm³/mol. The van der Waals surface area contributed by atoms with Crippen molar-refractivity contribution < 1.29 is 9.59 Å². The van der Waals surface area contributed by atoms with Gasteiger partial charge in [-0.3, -0.25) is 19.8 Å². The minimum atomic E-state index is -0.467. The van der Waals surface area contributed by atoms with Crippen molar-refractivity contribution in [2.45, 2.75) is 34.2 Å². The Morgan fingerprint density at radius 2 is 1.85 bits per heavy atom. The van der Waals surface area contributed by atoms with E-state index in [1.165, 1.54) is 4.90 Å². The summed E-state index contributed by atoms with van der Waals surface area (Å²) < 4.78 is 2.14. The summed E-state index contributed by atoms with van der Waals surface area (Å²) >= 11 is 5.25. The van der Waals surface area contributed by atoms with E-state index in [0.717, 1.165) is 29.1 Å². The van der Waals surface area contributed by atoms with Crippen molar-refractivity contribution in [3.8, 4) is 0 Å². The van der Waals surface area contributed by atoms with Crippen molar-refractivity contribution in [3.63, 3.8) is 0 Å². The molecular weight excluding hydrogens is 346 g/mol. The Balaban J connectivity index is 2.08. The van der Waals surface area contributed by atoms with Gasteiger partial charge in [-0.25, -0.2) is 0 Å². The molecule has 1 saturated heterocycles. The summed E-state index contributed by atoms with van der Waals surface area (Å²) in [5.74, 6) is -0.875. The molecule has 0 radical (unpaired) electrons. The molecule has 0 spiro atoms. The maximum Gasteiger partial charge on any atom is 0.270 e. The van der Waals surface area contributed by atoms with Gasteiger partial charge in [0, 0.05) is 17.9 Å². The number of aromatic nitrogens is 1. The summed E-state index contributed by atoms with van der Waals surface area (Å²) in [6, 6.07) is 9.44. The van der Waals surface area contributed by atoms with Crippen molar-refractivity contribution >= 4 is 40.9 Å². The molecule has 0 saturated carbocycles. The van der Waals surface area contributed by atoms with Gasteiger partial charge in [0.1, 0.15) is 5.57 Å². The molecule has 134 valence electrons. The number of carbonyl (C=O) groups is 2. The van der Waals surface area contributed by atoms with Crippen LogP contribution in [-0.4, -0.2) is 21.5 Å². The standard InChI is InChI=1S/C20H21N3O2S/c1-5-22-13(3)10-15(14(22)4)11-16-18(24)21-20(26)23(19(16)25)17-9-7-6-8-12(17)2/h6-11H,5H2,1-4H3,(H,21,24,26)/b16-11-. The van der Waals surface area contributed by atoms with Crippen LogP contribution in [0.3, 0.4) is 0 Å². The molecule has 3 rings (SSSR count). The molecule has 0 bridgehead atoms. The molecule has 6 heteroatoms. The molecule has 2 amide bonds. The Morgan fingerprint density at radius 1 is 1.15 bits per heavy atom. The molecule has 1 aliphatic rings. The van der Waals surface area contributed by atoms with Crippen LogP contribution in [0.1, 0.15) is 29.4 Å². The number of rotatable bonds is 3. The molecule has 5 nitrogen and oxygen atoms in total. The summed E-state index contributed by atoms with van der Waals surface area (Å²) in [7, 11) is 0. The van der Waals surface area contributed by atoms with Gasteiger partial charge in [-0.05, 0) is 69.2 Å². The fourth-order valence-corrected chi connectivity index (χ4v) is 3.58. The predicted octanol–water partition coefficient (Wildman–Crippen LogP) is 3.26. The van der Waals surface area contributed by atoms with Crippen molar-refractivity contribution in [1.29, 1.82) is 0 Å². The summed E-state index contributed by atoms with van der Waals surface area (Å²) in [6.07, 6.45) is 1.65. The molecule has 1 aromatic carbocycles. The number of nitrogens with zero attached hydrogens (tertiary/aromatic N) is 2. The minimum absolute atomic E-state index is 0.0817. The largest absolute Gasteiger partial charge is 0.349 e. The van der Waals surface area contributed by atoms with Gasteiger partial charge in [0.25, 0.3) is 11.8 Å².